The molecule has 0 bridgehead atoms. The van der Waals surface area contributed by atoms with Crippen LogP contribution in [0, 0.1) is 0 Å². The molecule has 0 amide bonds. The lowest BCUT2D eigenvalue weighted by Gasteiger charge is -2.52. The number of likely N-dealkylation sites (N-methyl/N-ethyl adjacent to an activating group) is 1. The molecule has 2 N–H and O–H groups in total. The van der Waals surface area contributed by atoms with E-state index in [4.69, 9.17) is 5.73 Å². The van der Waals surface area contributed by atoms with Crippen molar-refractivity contribution in [2.75, 3.05) is 39.8 Å². The first kappa shape index (κ1) is 11.4. The van der Waals surface area contributed by atoms with Crippen LogP contribution >= 0.6 is 0 Å². The van der Waals surface area contributed by atoms with E-state index in [9.17, 15) is 0 Å². The molecule has 2 fully saturated rings. The Morgan fingerprint density at radius 1 is 1.13 bits per heavy atom. The quantitative estimate of drug-likeness (QED) is 0.736. The van der Waals surface area contributed by atoms with Gasteiger partial charge in [0.05, 0.1) is 0 Å². The molecule has 0 aromatic rings. The van der Waals surface area contributed by atoms with Gasteiger partial charge in [0.25, 0.3) is 0 Å². The molecule has 1 saturated heterocycles. The molecule has 0 aromatic carbocycles. The van der Waals surface area contributed by atoms with E-state index in [-0.39, 0.29) is 0 Å². The van der Waals surface area contributed by atoms with Crippen LogP contribution in [-0.2, 0) is 0 Å². The number of hydrogen-bond donors (Lipinski definition) is 1. The molecule has 3 nitrogen and oxygen atoms in total. The van der Waals surface area contributed by atoms with Gasteiger partial charge in [-0.1, -0.05) is 19.3 Å². The highest BCUT2D eigenvalue weighted by Crippen LogP contribution is 2.35. The van der Waals surface area contributed by atoms with E-state index < -0.39 is 0 Å². The van der Waals surface area contributed by atoms with Crippen LogP contribution in [0.25, 0.3) is 0 Å². The van der Waals surface area contributed by atoms with Crippen molar-refractivity contribution < 1.29 is 0 Å². The van der Waals surface area contributed by atoms with E-state index in [0.29, 0.717) is 5.54 Å². The normalized spacial score (nSPS) is 28.4. The Balaban J connectivity index is 2.06. The highest BCUT2D eigenvalue weighted by Gasteiger charge is 2.40. The number of piperazine rings is 1. The largest absolute Gasteiger partial charge is 0.329 e. The molecule has 1 saturated carbocycles. The highest BCUT2D eigenvalue weighted by molar-refractivity contribution is 4.98. The fraction of sp³-hybridized carbons (Fsp3) is 1.00. The third-order valence-corrected chi connectivity index (χ3v) is 4.17. The minimum absolute atomic E-state index is 0.477. The van der Waals surface area contributed by atoms with Gasteiger partial charge in [0.2, 0.25) is 0 Å². The predicted molar refractivity (Wildman–Crippen MR) is 63.9 cm³/mol. The van der Waals surface area contributed by atoms with Crippen molar-refractivity contribution in [3.05, 3.63) is 0 Å². The zero-order valence-corrected chi connectivity index (χ0v) is 10.0. The van der Waals surface area contributed by atoms with Gasteiger partial charge < -0.3 is 10.6 Å². The Kier molecular flexibility index (Phi) is 3.65. The monoisotopic (exact) mass is 211 g/mol. The van der Waals surface area contributed by atoms with Crippen LogP contribution in [0.4, 0.5) is 0 Å². The summed E-state index contributed by atoms with van der Waals surface area (Å²) in [4.78, 5) is 5.17. The van der Waals surface area contributed by atoms with Crippen LogP contribution in [0.2, 0.25) is 0 Å². The van der Waals surface area contributed by atoms with Crippen molar-refractivity contribution in [2.24, 2.45) is 5.73 Å². The molecule has 3 heteroatoms. The maximum absolute atomic E-state index is 5.73. The number of rotatable bonds is 2. The van der Waals surface area contributed by atoms with Crippen molar-refractivity contribution in [3.8, 4) is 0 Å². The van der Waals surface area contributed by atoms with Crippen molar-refractivity contribution in [1.29, 1.82) is 0 Å². The topological polar surface area (TPSA) is 32.5 Å². The average molecular weight is 211 g/mol. The summed E-state index contributed by atoms with van der Waals surface area (Å²) < 4.78 is 0. The molecule has 0 atom stereocenters. The number of nitrogens with zero attached hydrogens (tertiary/aromatic N) is 2. The molecule has 1 aliphatic heterocycles. The molecular formula is C12H25N3. The van der Waals surface area contributed by atoms with Gasteiger partial charge in [-0.3, -0.25) is 4.90 Å². The van der Waals surface area contributed by atoms with Gasteiger partial charge >= 0.3 is 0 Å². The van der Waals surface area contributed by atoms with E-state index in [1.165, 1.54) is 51.7 Å². The maximum Gasteiger partial charge on any atom is 0.0337 e. The Bertz CT molecular complexity index is 199. The Morgan fingerprint density at radius 3 is 2.53 bits per heavy atom. The highest BCUT2D eigenvalue weighted by atomic mass is 15.3. The van der Waals surface area contributed by atoms with E-state index in [1.54, 1.807) is 0 Å². The van der Waals surface area contributed by atoms with E-state index in [1.807, 2.05) is 0 Å². The fourth-order valence-electron chi connectivity index (χ4n) is 3.40. The summed E-state index contributed by atoms with van der Waals surface area (Å²) in [5.74, 6) is 0. The van der Waals surface area contributed by atoms with Crippen molar-refractivity contribution in [1.82, 2.24) is 9.80 Å². The SMILES string of the molecule is CN1CCN(CCN)C2(CCCCC2)C1. The number of hydrogen-bond acceptors (Lipinski definition) is 3. The summed E-state index contributed by atoms with van der Waals surface area (Å²) in [5, 5.41) is 0. The minimum atomic E-state index is 0.477. The van der Waals surface area contributed by atoms with E-state index >= 15 is 0 Å². The molecule has 2 rings (SSSR count). The smallest absolute Gasteiger partial charge is 0.0337 e. The number of nitrogens with two attached hydrogens (primary N) is 1. The predicted octanol–water partition coefficient (Wildman–Crippen LogP) is 0.895. The van der Waals surface area contributed by atoms with Crippen LogP contribution in [-0.4, -0.2) is 55.1 Å². The van der Waals surface area contributed by atoms with Crippen molar-refractivity contribution >= 4 is 0 Å². The van der Waals surface area contributed by atoms with Gasteiger partial charge in [-0.05, 0) is 19.9 Å². The Hall–Kier alpha value is -0.120. The lowest BCUT2D eigenvalue weighted by Crippen LogP contribution is -2.62. The molecular weight excluding hydrogens is 186 g/mol. The van der Waals surface area contributed by atoms with Crippen molar-refractivity contribution in [2.45, 2.75) is 37.6 Å². The summed E-state index contributed by atoms with van der Waals surface area (Å²) in [6.07, 6.45) is 7.03. The summed E-state index contributed by atoms with van der Waals surface area (Å²) in [5.41, 5.74) is 6.21. The minimum Gasteiger partial charge on any atom is -0.329 e. The molecule has 15 heavy (non-hydrogen) atoms. The van der Waals surface area contributed by atoms with Crippen LogP contribution in [0.3, 0.4) is 0 Å². The molecule has 0 radical (unpaired) electrons. The first-order chi connectivity index (χ1) is 7.27. The van der Waals surface area contributed by atoms with E-state index in [2.05, 4.69) is 16.8 Å². The average Bonchev–Trinajstić information content (AvgIpc) is 2.24. The second-order valence-corrected chi connectivity index (χ2v) is 5.30. The van der Waals surface area contributed by atoms with Crippen LogP contribution in [0.1, 0.15) is 32.1 Å². The molecule has 1 heterocycles. The zero-order valence-electron chi connectivity index (χ0n) is 10.0. The molecule has 1 spiro atoms. The van der Waals surface area contributed by atoms with Gasteiger partial charge in [-0.25, -0.2) is 0 Å². The summed E-state index contributed by atoms with van der Waals surface area (Å²) >= 11 is 0. The van der Waals surface area contributed by atoms with Gasteiger partial charge in [0.1, 0.15) is 0 Å². The first-order valence-electron chi connectivity index (χ1n) is 6.40. The Morgan fingerprint density at radius 2 is 1.87 bits per heavy atom. The zero-order chi connectivity index (χ0) is 10.7. The molecule has 2 aliphatic rings. The molecule has 1 aliphatic carbocycles. The lowest BCUT2D eigenvalue weighted by molar-refractivity contribution is -0.0159. The summed E-state index contributed by atoms with van der Waals surface area (Å²) in [6, 6.07) is 0. The van der Waals surface area contributed by atoms with Crippen LogP contribution in [0.15, 0.2) is 0 Å². The van der Waals surface area contributed by atoms with Crippen LogP contribution in [0.5, 0.6) is 0 Å². The second-order valence-electron chi connectivity index (χ2n) is 5.30. The fourth-order valence-corrected chi connectivity index (χ4v) is 3.40. The van der Waals surface area contributed by atoms with Gasteiger partial charge in [0.15, 0.2) is 0 Å². The lowest BCUT2D eigenvalue weighted by atomic mass is 9.78. The summed E-state index contributed by atoms with van der Waals surface area (Å²) in [6.45, 7) is 5.59. The Labute approximate surface area is 93.6 Å². The third kappa shape index (κ3) is 2.35. The maximum atomic E-state index is 5.73. The van der Waals surface area contributed by atoms with Gasteiger partial charge in [-0.15, -0.1) is 0 Å². The second kappa shape index (κ2) is 4.81. The molecule has 88 valence electrons. The van der Waals surface area contributed by atoms with Crippen LogP contribution < -0.4 is 5.73 Å². The van der Waals surface area contributed by atoms with Crippen molar-refractivity contribution in [3.63, 3.8) is 0 Å². The van der Waals surface area contributed by atoms with Gasteiger partial charge in [0, 0.05) is 38.3 Å². The third-order valence-electron chi connectivity index (χ3n) is 4.17. The standard InChI is InChI=1S/C12H25N3/c1-14-9-10-15(8-7-13)12(11-14)5-3-2-4-6-12/h2-11,13H2,1H3. The molecule has 0 unspecified atom stereocenters. The van der Waals surface area contributed by atoms with E-state index in [0.717, 1.165) is 13.1 Å². The van der Waals surface area contributed by atoms with Gasteiger partial charge in [-0.2, -0.15) is 0 Å². The molecule has 0 aromatic heterocycles. The summed E-state index contributed by atoms with van der Waals surface area (Å²) in [7, 11) is 2.26. The first-order valence-corrected chi connectivity index (χ1v) is 6.40.